The van der Waals surface area contributed by atoms with E-state index in [-0.39, 0.29) is 28.0 Å². The first-order valence-corrected chi connectivity index (χ1v) is 7.57. The van der Waals surface area contributed by atoms with Gasteiger partial charge in [-0.25, -0.2) is 29.3 Å². The molecular weight excluding hydrogens is 500 g/mol. The molecule has 0 spiro atoms. The largest absolute Gasteiger partial charge is 2.00 e. The minimum absolute atomic E-state index is 0. The molecule has 0 unspecified atom stereocenters. The summed E-state index contributed by atoms with van der Waals surface area (Å²) in [7, 11) is 0. The van der Waals surface area contributed by atoms with Gasteiger partial charge in [0.15, 0.2) is 0 Å². The minimum Gasteiger partial charge on any atom is -0.457 e. The van der Waals surface area contributed by atoms with Crippen LogP contribution in [0, 0.1) is 30.6 Å². The Kier molecular flexibility index (Phi) is 19.4. The Morgan fingerprint density at radius 2 is 0.848 bits per heavy atom. The smallest absolute Gasteiger partial charge is 0.457 e. The third-order valence-corrected chi connectivity index (χ3v) is 2.52. The zero-order valence-electron chi connectivity index (χ0n) is 16.3. The van der Waals surface area contributed by atoms with Crippen molar-refractivity contribution in [2.75, 3.05) is 0 Å². The van der Waals surface area contributed by atoms with Gasteiger partial charge in [-0.05, 0) is 24.3 Å². The maximum absolute atomic E-state index is 8.25. The Morgan fingerprint density at radius 1 is 0.576 bits per heavy atom. The maximum atomic E-state index is 8.25. The van der Waals surface area contributed by atoms with Crippen LogP contribution in [0.3, 0.4) is 0 Å². The van der Waals surface area contributed by atoms with Gasteiger partial charge in [-0.1, -0.05) is 0 Å². The molecule has 181 valence electrons. The molecule has 0 saturated carbocycles. The predicted octanol–water partition coefficient (Wildman–Crippen LogP) is -1.000. The van der Waals surface area contributed by atoms with Gasteiger partial charge < -0.3 is 41.6 Å². The van der Waals surface area contributed by atoms with Crippen LogP contribution >= 0.6 is 0 Å². The standard InChI is InChI=1S/2C7H6N4.Cu.2NO3.2H2O/c2*1-3-8-7(9-4-1)11-6-2-5-10-11;;2*2-1(3)4;;/h2*1-6H;;;;2*1H2/q;;+2;2*-1;;/p+2. The van der Waals surface area contributed by atoms with Gasteiger partial charge in [0.2, 0.25) is 11.9 Å². The maximum Gasteiger partial charge on any atom is 2.00 e. The molecule has 0 aliphatic rings. The van der Waals surface area contributed by atoms with Gasteiger partial charge in [0.25, 0.3) is 0 Å². The van der Waals surface area contributed by atoms with Crippen molar-refractivity contribution in [1.82, 2.24) is 39.5 Å². The number of hydrogen-bond donors (Lipinski definition) is 0. The van der Waals surface area contributed by atoms with E-state index >= 15 is 0 Å². The molecule has 0 bridgehead atoms. The molecule has 18 nitrogen and oxygen atoms in total. The second-order valence-corrected chi connectivity index (χ2v) is 4.45. The fourth-order valence-electron chi connectivity index (χ4n) is 1.59. The van der Waals surface area contributed by atoms with Gasteiger partial charge in [-0.15, -0.1) is 0 Å². The molecule has 0 aromatic carbocycles. The van der Waals surface area contributed by atoms with E-state index in [1.165, 1.54) is 0 Å². The fourth-order valence-corrected chi connectivity index (χ4v) is 1.59. The molecule has 4 heterocycles. The normalized spacial score (nSPS) is 8.00. The number of rotatable bonds is 2. The monoisotopic (exact) mass is 517 g/mol. The van der Waals surface area contributed by atoms with Crippen molar-refractivity contribution < 1.29 is 38.2 Å². The molecule has 0 aliphatic carbocycles. The molecule has 6 N–H and O–H groups in total. The second kappa shape index (κ2) is 19.4. The Bertz CT molecular complexity index is 888. The van der Waals surface area contributed by atoms with E-state index in [1.54, 1.807) is 71.1 Å². The molecular formula is C14H18CuN10O8+2. The van der Waals surface area contributed by atoms with Gasteiger partial charge in [-0.2, -0.15) is 10.2 Å². The molecule has 19 heteroatoms. The number of aromatic nitrogens is 8. The van der Waals surface area contributed by atoms with Crippen molar-refractivity contribution in [3.63, 3.8) is 0 Å². The third kappa shape index (κ3) is 15.9. The average Bonchev–Trinajstić information content (AvgIpc) is 3.43. The van der Waals surface area contributed by atoms with Crippen molar-refractivity contribution in [2.24, 2.45) is 0 Å². The molecule has 4 aromatic heterocycles. The van der Waals surface area contributed by atoms with Crippen molar-refractivity contribution in [3.05, 3.63) is 104 Å². The average molecular weight is 518 g/mol. The van der Waals surface area contributed by atoms with Crippen molar-refractivity contribution >= 4 is 0 Å². The SMILES string of the molecule is O=[N+]([O-])[O-].O=[N+]([O-])[O-].[Cu+2].[OH3+].[OH3+].c1cnc(-n2cccn2)nc1.c1cnc(-n2cccn2)nc1. The first-order chi connectivity index (χ1) is 14.4. The van der Waals surface area contributed by atoms with Crippen LogP contribution < -0.4 is 0 Å². The van der Waals surface area contributed by atoms with Crippen LogP contribution in [-0.2, 0) is 28.0 Å². The van der Waals surface area contributed by atoms with Crippen molar-refractivity contribution in [2.45, 2.75) is 0 Å². The quantitative estimate of drug-likeness (QED) is 0.134. The van der Waals surface area contributed by atoms with Crippen LogP contribution in [-0.4, -0.2) is 49.7 Å². The summed E-state index contributed by atoms with van der Waals surface area (Å²) in [5, 5.41) is 37.5. The summed E-state index contributed by atoms with van der Waals surface area (Å²) in [6, 6.07) is 7.20. The molecule has 0 atom stereocenters. The molecule has 0 fully saturated rings. The molecule has 4 rings (SSSR count). The van der Waals surface area contributed by atoms with Crippen LogP contribution in [0.2, 0.25) is 0 Å². The summed E-state index contributed by atoms with van der Waals surface area (Å²) in [6.45, 7) is 0. The van der Waals surface area contributed by atoms with E-state index in [2.05, 4.69) is 30.1 Å². The zero-order valence-corrected chi connectivity index (χ0v) is 17.2. The van der Waals surface area contributed by atoms with E-state index < -0.39 is 10.2 Å². The van der Waals surface area contributed by atoms with Crippen LogP contribution in [0.1, 0.15) is 0 Å². The van der Waals surface area contributed by atoms with E-state index in [9.17, 15) is 0 Å². The van der Waals surface area contributed by atoms with E-state index in [1.807, 2.05) is 12.1 Å². The second-order valence-electron chi connectivity index (χ2n) is 4.45. The van der Waals surface area contributed by atoms with E-state index in [4.69, 9.17) is 30.6 Å². The van der Waals surface area contributed by atoms with Crippen molar-refractivity contribution in [3.8, 4) is 11.9 Å². The first-order valence-electron chi connectivity index (χ1n) is 7.57. The fraction of sp³-hybridized carbons (Fsp3) is 0. The summed E-state index contributed by atoms with van der Waals surface area (Å²) in [6.07, 6.45) is 13.7. The third-order valence-electron chi connectivity index (χ3n) is 2.52. The van der Waals surface area contributed by atoms with Crippen molar-refractivity contribution in [1.29, 1.82) is 0 Å². The summed E-state index contributed by atoms with van der Waals surface area (Å²) >= 11 is 0. The van der Waals surface area contributed by atoms with Gasteiger partial charge in [0.05, 0.1) is 10.2 Å². The van der Waals surface area contributed by atoms with Crippen LogP contribution in [0.5, 0.6) is 0 Å². The Labute approximate surface area is 194 Å². The molecule has 1 radical (unpaired) electrons. The molecule has 0 amide bonds. The summed E-state index contributed by atoms with van der Waals surface area (Å²) in [4.78, 5) is 32.5. The van der Waals surface area contributed by atoms with Gasteiger partial charge in [-0.3, -0.25) is 0 Å². The van der Waals surface area contributed by atoms with E-state index in [0.717, 1.165) is 0 Å². The van der Waals surface area contributed by atoms with Gasteiger partial charge >= 0.3 is 17.1 Å². The Hall–Kier alpha value is -4.58. The summed E-state index contributed by atoms with van der Waals surface area (Å²) in [5.74, 6) is 1.19. The number of hydrogen-bond acceptors (Lipinski definition) is 12. The summed E-state index contributed by atoms with van der Waals surface area (Å²) < 4.78 is 3.22. The predicted molar refractivity (Wildman–Crippen MR) is 109 cm³/mol. The Morgan fingerprint density at radius 3 is 1.06 bits per heavy atom. The van der Waals surface area contributed by atoms with E-state index in [0.29, 0.717) is 11.9 Å². The molecule has 33 heavy (non-hydrogen) atoms. The topological polar surface area (TPSA) is 286 Å². The minimum atomic E-state index is -1.75. The Balaban J connectivity index is -0.000000389. The first kappa shape index (κ1) is 33.1. The molecule has 4 aromatic rings. The van der Waals surface area contributed by atoms with Gasteiger partial charge in [0.1, 0.15) is 0 Å². The van der Waals surface area contributed by atoms with Crippen LogP contribution in [0.15, 0.2) is 73.8 Å². The molecule has 0 aliphatic heterocycles. The number of nitrogens with zero attached hydrogens (tertiary/aromatic N) is 10. The molecule has 0 saturated heterocycles. The summed E-state index contributed by atoms with van der Waals surface area (Å²) in [5.41, 5.74) is 0. The zero-order chi connectivity index (χ0) is 22.2. The van der Waals surface area contributed by atoms with Crippen LogP contribution in [0.4, 0.5) is 0 Å². The van der Waals surface area contributed by atoms with Gasteiger partial charge in [0, 0.05) is 49.6 Å². The van der Waals surface area contributed by atoms with Crippen LogP contribution in [0.25, 0.3) is 11.9 Å².